The van der Waals surface area contributed by atoms with E-state index in [0.717, 1.165) is 66.6 Å². The molecule has 0 bridgehead atoms. The second-order valence-electron chi connectivity index (χ2n) is 12.9. The molecule has 0 unspecified atom stereocenters. The maximum absolute atomic E-state index is 13.6. The fourth-order valence-corrected chi connectivity index (χ4v) is 6.92. The molecule has 2 aliphatic heterocycles. The monoisotopic (exact) mass is 528 g/mol. The first-order valence-corrected chi connectivity index (χ1v) is 14.3. The van der Waals surface area contributed by atoms with Crippen LogP contribution in [0.25, 0.3) is 0 Å². The number of rotatable bonds is 6. The minimum absolute atomic E-state index is 0.183. The van der Waals surface area contributed by atoms with Crippen LogP contribution in [0.5, 0.6) is 5.75 Å². The topological polar surface area (TPSA) is 85.2 Å². The molecule has 0 radical (unpaired) electrons. The first kappa shape index (κ1) is 26.0. The summed E-state index contributed by atoms with van der Waals surface area (Å²) in [5.74, 6) is 2.94. The number of carbonyl (C=O) groups excluding carboxylic acids is 1. The number of hydrogen-bond acceptors (Lipinski definition) is 6. The highest BCUT2D eigenvalue weighted by Crippen LogP contribution is 2.51. The van der Waals surface area contributed by atoms with Crippen molar-refractivity contribution in [1.29, 1.82) is 0 Å². The van der Waals surface area contributed by atoms with E-state index in [2.05, 4.69) is 60.2 Å². The van der Waals surface area contributed by atoms with Gasteiger partial charge in [-0.25, -0.2) is 4.98 Å². The zero-order chi connectivity index (χ0) is 27.4. The zero-order valence-corrected chi connectivity index (χ0v) is 23.8. The van der Waals surface area contributed by atoms with Crippen LogP contribution in [0.15, 0.2) is 36.7 Å². The summed E-state index contributed by atoms with van der Waals surface area (Å²) in [5.41, 5.74) is 3.89. The predicted octanol–water partition coefficient (Wildman–Crippen LogP) is 5.08. The third kappa shape index (κ3) is 4.73. The summed E-state index contributed by atoms with van der Waals surface area (Å²) in [6.45, 7) is 12.4. The van der Waals surface area contributed by atoms with E-state index in [9.17, 15) is 4.79 Å². The minimum atomic E-state index is -0.237. The fourth-order valence-electron chi connectivity index (χ4n) is 6.92. The number of aromatic nitrogens is 4. The van der Waals surface area contributed by atoms with Crippen LogP contribution in [0.2, 0.25) is 0 Å². The van der Waals surface area contributed by atoms with Gasteiger partial charge in [-0.1, -0.05) is 39.8 Å². The Morgan fingerprint density at radius 1 is 1.18 bits per heavy atom. The predicted molar refractivity (Wildman–Crippen MR) is 151 cm³/mol. The number of fused-ring (bicyclic) bond motifs is 1. The number of nitrogens with zero attached hydrogens (tertiary/aromatic N) is 5. The minimum Gasteiger partial charge on any atom is -0.490 e. The summed E-state index contributed by atoms with van der Waals surface area (Å²) in [6, 6.07) is 10.1. The van der Waals surface area contributed by atoms with Crippen LogP contribution in [-0.2, 0) is 24.4 Å². The quantitative estimate of drug-likeness (QED) is 0.480. The highest BCUT2D eigenvalue weighted by molar-refractivity contribution is 6.03. The number of nitrogens with one attached hydrogen (secondary N) is 1. The average Bonchev–Trinajstić information content (AvgIpc) is 3.44. The third-order valence-electron chi connectivity index (χ3n) is 8.84. The Morgan fingerprint density at radius 3 is 2.72 bits per heavy atom. The van der Waals surface area contributed by atoms with Gasteiger partial charge < -0.3 is 14.6 Å². The van der Waals surface area contributed by atoms with Gasteiger partial charge in [-0.2, -0.15) is 0 Å². The van der Waals surface area contributed by atoms with Crippen LogP contribution in [0.1, 0.15) is 86.5 Å². The van der Waals surface area contributed by atoms with Crippen LogP contribution in [0.3, 0.4) is 0 Å². The SMILES string of the molecule is CC1CC(c2cccc(NC(=O)c3cc(CN4CCC[C@H](C)C4)c4c(n3)C(C)(C)CO4)c2)(c2nncn2C)C1. The molecule has 1 N–H and O–H groups in total. The summed E-state index contributed by atoms with van der Waals surface area (Å²) in [4.78, 5) is 21.0. The van der Waals surface area contributed by atoms with Crippen molar-refractivity contribution in [3.63, 3.8) is 0 Å². The van der Waals surface area contributed by atoms with Crippen molar-refractivity contribution in [3.8, 4) is 5.75 Å². The Bertz CT molecular complexity index is 1390. The summed E-state index contributed by atoms with van der Waals surface area (Å²) < 4.78 is 8.17. The van der Waals surface area contributed by atoms with E-state index in [1.165, 1.54) is 12.8 Å². The summed E-state index contributed by atoms with van der Waals surface area (Å²) >= 11 is 0. The van der Waals surface area contributed by atoms with Crippen molar-refractivity contribution in [2.75, 3.05) is 25.0 Å². The van der Waals surface area contributed by atoms with Crippen molar-refractivity contribution < 1.29 is 9.53 Å². The molecule has 2 aromatic heterocycles. The molecule has 1 saturated heterocycles. The maximum Gasteiger partial charge on any atom is 0.274 e. The Labute approximate surface area is 231 Å². The average molecular weight is 529 g/mol. The highest BCUT2D eigenvalue weighted by atomic mass is 16.5. The molecule has 39 heavy (non-hydrogen) atoms. The molecule has 8 nitrogen and oxygen atoms in total. The van der Waals surface area contributed by atoms with Crippen molar-refractivity contribution in [3.05, 3.63) is 65.0 Å². The maximum atomic E-state index is 13.6. The summed E-state index contributed by atoms with van der Waals surface area (Å²) in [5, 5.41) is 11.8. The van der Waals surface area contributed by atoms with E-state index in [4.69, 9.17) is 9.72 Å². The second-order valence-corrected chi connectivity index (χ2v) is 12.9. The van der Waals surface area contributed by atoms with Crippen molar-refractivity contribution in [2.24, 2.45) is 18.9 Å². The number of aryl methyl sites for hydroxylation is 1. The van der Waals surface area contributed by atoms with Gasteiger partial charge in [-0.15, -0.1) is 10.2 Å². The van der Waals surface area contributed by atoms with Crippen LogP contribution in [-0.4, -0.2) is 50.3 Å². The number of carbonyl (C=O) groups is 1. The van der Waals surface area contributed by atoms with Crippen molar-refractivity contribution in [2.45, 2.75) is 70.8 Å². The lowest BCUT2D eigenvalue weighted by atomic mass is 9.58. The van der Waals surface area contributed by atoms with Crippen LogP contribution >= 0.6 is 0 Å². The second kappa shape index (κ2) is 9.73. The van der Waals surface area contributed by atoms with E-state index >= 15 is 0 Å². The molecule has 4 heterocycles. The lowest BCUT2D eigenvalue weighted by molar-refractivity contribution is 0.102. The number of ether oxygens (including phenoxy) is 1. The number of likely N-dealkylation sites (tertiary alicyclic amines) is 1. The summed E-state index contributed by atoms with van der Waals surface area (Å²) in [7, 11) is 2.00. The third-order valence-corrected chi connectivity index (χ3v) is 8.84. The Balaban J connectivity index is 1.29. The van der Waals surface area contributed by atoms with Crippen LogP contribution < -0.4 is 10.1 Å². The van der Waals surface area contributed by atoms with Crippen molar-refractivity contribution in [1.82, 2.24) is 24.6 Å². The van der Waals surface area contributed by atoms with Gasteiger partial charge in [-0.05, 0) is 67.8 Å². The number of anilines is 1. The van der Waals surface area contributed by atoms with E-state index in [1.807, 2.05) is 29.8 Å². The molecule has 8 heteroatoms. The van der Waals surface area contributed by atoms with E-state index in [1.54, 1.807) is 6.33 Å². The standard InChI is InChI=1S/C31H40N6O2/c1-20-8-7-11-37(16-20)17-22-12-25(34-27-26(22)39-18-30(27,3)4)28(38)33-24-10-6-9-23(13-24)31(14-21(2)15-31)29-35-32-19-36(29)5/h6,9-10,12-13,19-21H,7-8,11,14-18H2,1-5H3,(H,33,38)/t20-,21?,31?/m0/s1. The first-order chi connectivity index (χ1) is 18.6. The molecule has 1 amide bonds. The largest absolute Gasteiger partial charge is 0.490 e. The van der Waals surface area contributed by atoms with Gasteiger partial charge in [0.2, 0.25) is 0 Å². The Morgan fingerprint density at radius 2 is 2.00 bits per heavy atom. The highest BCUT2D eigenvalue weighted by Gasteiger charge is 2.48. The van der Waals surface area contributed by atoms with Gasteiger partial charge >= 0.3 is 0 Å². The lowest BCUT2D eigenvalue weighted by Crippen LogP contribution is -2.43. The van der Waals surface area contributed by atoms with Gasteiger partial charge in [0.1, 0.15) is 23.6 Å². The normalized spacial score (nSPS) is 26.0. The van der Waals surface area contributed by atoms with E-state index in [0.29, 0.717) is 24.1 Å². The van der Waals surface area contributed by atoms with Gasteiger partial charge in [0, 0.05) is 36.8 Å². The molecule has 3 aliphatic rings. The molecule has 1 aliphatic carbocycles. The van der Waals surface area contributed by atoms with Crippen molar-refractivity contribution >= 4 is 11.6 Å². The van der Waals surface area contributed by atoms with Gasteiger partial charge in [0.15, 0.2) is 0 Å². The summed E-state index contributed by atoms with van der Waals surface area (Å²) in [6.07, 6.45) is 6.27. The van der Waals surface area contributed by atoms with Crippen LogP contribution in [0, 0.1) is 11.8 Å². The lowest BCUT2D eigenvalue weighted by Gasteiger charge is -2.46. The molecule has 6 rings (SSSR count). The van der Waals surface area contributed by atoms with E-state index in [-0.39, 0.29) is 16.7 Å². The Hall–Kier alpha value is -3.26. The molecule has 1 saturated carbocycles. The number of amides is 1. The molecule has 206 valence electrons. The fraction of sp³-hybridized carbons (Fsp3) is 0.548. The molecule has 2 fully saturated rings. The van der Waals surface area contributed by atoms with Crippen LogP contribution in [0.4, 0.5) is 5.69 Å². The van der Waals surface area contributed by atoms with Gasteiger partial charge in [0.25, 0.3) is 5.91 Å². The zero-order valence-electron chi connectivity index (χ0n) is 23.8. The first-order valence-electron chi connectivity index (χ1n) is 14.3. The molecule has 3 aromatic rings. The Kier molecular flexibility index (Phi) is 6.49. The van der Waals surface area contributed by atoms with E-state index < -0.39 is 0 Å². The molecular formula is C31H40N6O2. The molecular weight excluding hydrogens is 488 g/mol. The molecule has 0 spiro atoms. The van der Waals surface area contributed by atoms with Gasteiger partial charge in [-0.3, -0.25) is 9.69 Å². The molecule has 1 aromatic carbocycles. The number of hydrogen-bond donors (Lipinski definition) is 1. The number of piperidine rings is 1. The van der Waals surface area contributed by atoms with Gasteiger partial charge in [0.05, 0.1) is 17.7 Å². The number of benzene rings is 1. The number of pyridine rings is 1. The molecule has 1 atom stereocenters. The smallest absolute Gasteiger partial charge is 0.274 e.